The average Bonchev–Trinajstić information content (AvgIpc) is 3.12. The summed E-state index contributed by atoms with van der Waals surface area (Å²) in [5.74, 6) is 0.936. The van der Waals surface area contributed by atoms with Gasteiger partial charge < -0.3 is 4.74 Å². The molecule has 0 radical (unpaired) electrons. The third-order valence-electron chi connectivity index (χ3n) is 4.89. The number of methoxy groups -OCH3 is 1. The van der Waals surface area contributed by atoms with Crippen LogP contribution in [0.25, 0.3) is 0 Å². The number of benzene rings is 2. The van der Waals surface area contributed by atoms with Crippen LogP contribution < -0.4 is 4.74 Å². The van der Waals surface area contributed by atoms with Crippen LogP contribution in [0.15, 0.2) is 67.0 Å². The van der Waals surface area contributed by atoms with E-state index in [0.29, 0.717) is 6.04 Å². The second kappa shape index (κ2) is 7.11. The van der Waals surface area contributed by atoms with Crippen molar-refractivity contribution in [1.82, 2.24) is 14.7 Å². The lowest BCUT2D eigenvalue weighted by Gasteiger charge is -2.41. The highest BCUT2D eigenvalue weighted by molar-refractivity contribution is 5.32. The molecule has 4 heteroatoms. The Bertz CT molecular complexity index is 829. The number of hydrogen-bond donors (Lipinski definition) is 0. The first-order valence-corrected chi connectivity index (χ1v) is 8.75. The minimum absolute atomic E-state index is 0.491. The third kappa shape index (κ3) is 3.59. The van der Waals surface area contributed by atoms with Crippen molar-refractivity contribution in [2.24, 2.45) is 0 Å². The highest BCUT2D eigenvalue weighted by atomic mass is 16.5. The van der Waals surface area contributed by atoms with E-state index < -0.39 is 0 Å². The summed E-state index contributed by atoms with van der Waals surface area (Å²) in [5, 5.41) is 4.29. The first kappa shape index (κ1) is 15.9. The predicted octanol–water partition coefficient (Wildman–Crippen LogP) is 3.89. The molecule has 1 fully saturated rings. The third-order valence-corrected chi connectivity index (χ3v) is 4.89. The molecule has 1 saturated heterocycles. The molecule has 0 bridgehead atoms. The maximum atomic E-state index is 5.37. The minimum atomic E-state index is 0.491. The highest BCUT2D eigenvalue weighted by Crippen LogP contribution is 2.35. The van der Waals surface area contributed by atoms with Gasteiger partial charge in [0.1, 0.15) is 5.75 Å². The van der Waals surface area contributed by atoms with Crippen molar-refractivity contribution in [3.05, 3.63) is 83.7 Å². The van der Waals surface area contributed by atoms with Crippen LogP contribution in [0.2, 0.25) is 0 Å². The predicted molar refractivity (Wildman–Crippen MR) is 98.5 cm³/mol. The molecule has 25 heavy (non-hydrogen) atoms. The van der Waals surface area contributed by atoms with Crippen LogP contribution in [0.5, 0.6) is 5.75 Å². The van der Waals surface area contributed by atoms with Crippen molar-refractivity contribution >= 4 is 0 Å². The molecule has 128 valence electrons. The molecule has 1 aromatic heterocycles. The molecule has 0 spiro atoms. The molecular weight excluding hydrogens is 310 g/mol. The van der Waals surface area contributed by atoms with Crippen LogP contribution in [0.4, 0.5) is 0 Å². The van der Waals surface area contributed by atoms with Crippen LogP contribution in [0, 0.1) is 0 Å². The molecule has 0 saturated carbocycles. The second-order valence-electron chi connectivity index (χ2n) is 6.58. The van der Waals surface area contributed by atoms with Gasteiger partial charge in [-0.25, -0.2) is 0 Å². The number of rotatable bonds is 6. The molecule has 4 rings (SSSR count). The maximum absolute atomic E-state index is 5.37. The van der Waals surface area contributed by atoms with E-state index in [9.17, 15) is 0 Å². The summed E-state index contributed by atoms with van der Waals surface area (Å²) in [7, 11) is 1.72. The lowest BCUT2D eigenvalue weighted by Crippen LogP contribution is -2.40. The molecule has 4 nitrogen and oxygen atoms in total. The Balaban J connectivity index is 1.45. The van der Waals surface area contributed by atoms with Gasteiger partial charge in [0.2, 0.25) is 0 Å². The standard InChI is InChI=1S/C21H23N3O/c1-25-20-8-3-7-19(14-20)21-9-12-23(21)15-17-5-2-6-18(13-17)16-24-11-4-10-22-24/h2-8,10-11,13-14,21H,9,12,15-16H2,1H3. The van der Waals surface area contributed by atoms with Crippen molar-refractivity contribution in [2.75, 3.05) is 13.7 Å². The van der Waals surface area contributed by atoms with Gasteiger partial charge in [-0.1, -0.05) is 36.4 Å². The van der Waals surface area contributed by atoms with E-state index in [1.165, 1.54) is 23.1 Å². The molecule has 3 aromatic rings. The number of hydrogen-bond acceptors (Lipinski definition) is 3. The fourth-order valence-electron chi connectivity index (χ4n) is 3.50. The Morgan fingerprint density at radius 2 is 1.88 bits per heavy atom. The average molecular weight is 333 g/mol. The molecule has 1 unspecified atom stereocenters. The maximum Gasteiger partial charge on any atom is 0.119 e. The van der Waals surface area contributed by atoms with E-state index in [0.717, 1.165) is 25.4 Å². The molecule has 1 aliphatic heterocycles. The van der Waals surface area contributed by atoms with Crippen LogP contribution in [0.1, 0.15) is 29.2 Å². The topological polar surface area (TPSA) is 30.3 Å². The molecule has 2 heterocycles. The van der Waals surface area contributed by atoms with Gasteiger partial charge in [0.05, 0.1) is 13.7 Å². The smallest absolute Gasteiger partial charge is 0.119 e. The van der Waals surface area contributed by atoms with Gasteiger partial charge in [0, 0.05) is 31.5 Å². The summed E-state index contributed by atoms with van der Waals surface area (Å²) in [6.07, 6.45) is 5.03. The first-order valence-electron chi connectivity index (χ1n) is 8.75. The molecule has 1 atom stereocenters. The van der Waals surface area contributed by atoms with E-state index in [1.807, 2.05) is 29.2 Å². The van der Waals surface area contributed by atoms with Crippen LogP contribution in [0.3, 0.4) is 0 Å². The van der Waals surface area contributed by atoms with E-state index in [4.69, 9.17) is 4.74 Å². The zero-order valence-corrected chi connectivity index (χ0v) is 14.5. The number of likely N-dealkylation sites (tertiary alicyclic amines) is 1. The van der Waals surface area contributed by atoms with E-state index >= 15 is 0 Å². The summed E-state index contributed by atoms with van der Waals surface area (Å²) in [6.45, 7) is 2.94. The zero-order valence-electron chi connectivity index (χ0n) is 14.5. The molecule has 2 aromatic carbocycles. The van der Waals surface area contributed by atoms with E-state index in [2.05, 4.69) is 52.5 Å². The quantitative estimate of drug-likeness (QED) is 0.686. The largest absolute Gasteiger partial charge is 0.497 e. The van der Waals surface area contributed by atoms with Crippen molar-refractivity contribution < 1.29 is 4.74 Å². The summed E-state index contributed by atoms with van der Waals surface area (Å²) in [6, 6.07) is 19.7. The highest BCUT2D eigenvalue weighted by Gasteiger charge is 2.29. The number of ether oxygens (including phenoxy) is 1. The van der Waals surface area contributed by atoms with Crippen molar-refractivity contribution in [2.45, 2.75) is 25.6 Å². The normalized spacial score (nSPS) is 17.2. The van der Waals surface area contributed by atoms with Gasteiger partial charge in [0.25, 0.3) is 0 Å². The fourth-order valence-corrected chi connectivity index (χ4v) is 3.50. The Morgan fingerprint density at radius 3 is 2.60 bits per heavy atom. The van der Waals surface area contributed by atoms with Gasteiger partial charge in [-0.2, -0.15) is 5.10 Å². The molecule has 1 aliphatic rings. The van der Waals surface area contributed by atoms with Crippen LogP contribution in [-0.4, -0.2) is 28.3 Å². The fraction of sp³-hybridized carbons (Fsp3) is 0.286. The summed E-state index contributed by atoms with van der Waals surface area (Å²) < 4.78 is 7.33. The van der Waals surface area contributed by atoms with Gasteiger partial charge >= 0.3 is 0 Å². The number of aromatic nitrogens is 2. The minimum Gasteiger partial charge on any atom is -0.497 e. The van der Waals surface area contributed by atoms with E-state index in [-0.39, 0.29) is 0 Å². The van der Waals surface area contributed by atoms with Crippen LogP contribution >= 0.6 is 0 Å². The molecular formula is C21H23N3O. The van der Waals surface area contributed by atoms with Crippen molar-refractivity contribution in [3.63, 3.8) is 0 Å². The lowest BCUT2D eigenvalue weighted by atomic mass is 9.93. The summed E-state index contributed by atoms with van der Waals surface area (Å²) in [5.41, 5.74) is 4.00. The van der Waals surface area contributed by atoms with Crippen molar-refractivity contribution in [1.29, 1.82) is 0 Å². The molecule has 0 N–H and O–H groups in total. The summed E-state index contributed by atoms with van der Waals surface area (Å²) >= 11 is 0. The molecule has 0 amide bonds. The van der Waals surface area contributed by atoms with Crippen LogP contribution in [-0.2, 0) is 13.1 Å². The first-order chi connectivity index (χ1) is 12.3. The van der Waals surface area contributed by atoms with Gasteiger partial charge in [-0.3, -0.25) is 9.58 Å². The Morgan fingerprint density at radius 1 is 1.04 bits per heavy atom. The zero-order chi connectivity index (χ0) is 17.1. The Labute approximate surface area is 148 Å². The Kier molecular flexibility index (Phi) is 4.53. The molecule has 0 aliphatic carbocycles. The second-order valence-corrected chi connectivity index (χ2v) is 6.58. The van der Waals surface area contributed by atoms with Gasteiger partial charge in [-0.05, 0) is 41.3 Å². The van der Waals surface area contributed by atoms with Gasteiger partial charge in [-0.15, -0.1) is 0 Å². The van der Waals surface area contributed by atoms with E-state index in [1.54, 1.807) is 7.11 Å². The number of nitrogens with zero attached hydrogens (tertiary/aromatic N) is 3. The van der Waals surface area contributed by atoms with Crippen molar-refractivity contribution in [3.8, 4) is 5.75 Å². The van der Waals surface area contributed by atoms with Gasteiger partial charge in [0.15, 0.2) is 0 Å². The summed E-state index contributed by atoms with van der Waals surface area (Å²) in [4.78, 5) is 2.53. The Hall–Kier alpha value is -2.59. The SMILES string of the molecule is COc1cccc(C2CCN2Cc2cccc(Cn3cccn3)c2)c1. The monoisotopic (exact) mass is 333 g/mol. The lowest BCUT2D eigenvalue weighted by molar-refractivity contribution is 0.0817.